The van der Waals surface area contributed by atoms with Gasteiger partial charge in [-0.2, -0.15) is 0 Å². The largest absolute Gasteiger partial charge is 0.456 e. The van der Waals surface area contributed by atoms with Crippen LogP contribution in [0.5, 0.6) is 0 Å². The van der Waals surface area contributed by atoms with Crippen molar-refractivity contribution in [3.05, 3.63) is 151 Å². The van der Waals surface area contributed by atoms with Crippen molar-refractivity contribution in [3.63, 3.8) is 0 Å². The van der Waals surface area contributed by atoms with E-state index in [4.69, 9.17) is 4.42 Å². The number of hydrogen-bond donors (Lipinski definition) is 0. The second-order valence-corrected chi connectivity index (χ2v) is 14.9. The Morgan fingerprint density at radius 3 is 1.96 bits per heavy atom. The molecule has 6 aromatic carbocycles. The van der Waals surface area contributed by atoms with E-state index in [1.807, 2.05) is 0 Å². The van der Waals surface area contributed by atoms with Crippen LogP contribution in [-0.4, -0.2) is 0 Å². The van der Waals surface area contributed by atoms with E-state index >= 15 is 0 Å². The van der Waals surface area contributed by atoms with Gasteiger partial charge in [0.15, 0.2) is 0 Å². The molecule has 2 nitrogen and oxygen atoms in total. The van der Waals surface area contributed by atoms with Gasteiger partial charge in [-0.25, -0.2) is 0 Å². The monoisotopic (exact) mass is 619 g/mol. The van der Waals surface area contributed by atoms with Crippen molar-refractivity contribution in [1.29, 1.82) is 0 Å². The molecular formula is C46H37NO. The van der Waals surface area contributed by atoms with Crippen molar-refractivity contribution in [2.45, 2.75) is 37.5 Å². The summed E-state index contributed by atoms with van der Waals surface area (Å²) in [7, 11) is 0. The minimum atomic E-state index is 0.0572. The van der Waals surface area contributed by atoms with E-state index in [0.717, 1.165) is 34.1 Å². The maximum Gasteiger partial charge on any atom is 0.137 e. The Morgan fingerprint density at radius 1 is 0.500 bits per heavy atom. The summed E-state index contributed by atoms with van der Waals surface area (Å²) in [6, 6.07) is 51.7. The van der Waals surface area contributed by atoms with Crippen molar-refractivity contribution in [2.24, 2.45) is 23.7 Å². The molecular weight excluding hydrogens is 583 g/mol. The van der Waals surface area contributed by atoms with Crippen molar-refractivity contribution < 1.29 is 4.42 Å². The number of fused-ring (bicyclic) bond motifs is 6. The Kier molecular flexibility index (Phi) is 5.59. The van der Waals surface area contributed by atoms with Crippen molar-refractivity contribution in [1.82, 2.24) is 0 Å². The summed E-state index contributed by atoms with van der Waals surface area (Å²) < 4.78 is 6.50. The molecule has 48 heavy (non-hydrogen) atoms. The second-order valence-electron chi connectivity index (χ2n) is 14.9. The highest BCUT2D eigenvalue weighted by Gasteiger charge is 2.62. The van der Waals surface area contributed by atoms with E-state index in [2.05, 4.69) is 144 Å². The Balaban J connectivity index is 1.16. The third-order valence-corrected chi connectivity index (χ3v) is 12.6. The molecule has 0 aliphatic heterocycles. The van der Waals surface area contributed by atoms with E-state index in [-0.39, 0.29) is 5.41 Å². The number of nitrogens with zero attached hydrogens (tertiary/aromatic N) is 1. The van der Waals surface area contributed by atoms with Crippen LogP contribution < -0.4 is 4.90 Å². The van der Waals surface area contributed by atoms with E-state index < -0.39 is 0 Å². The SMILES string of the molecule is c1ccc(-c2ccc(N(c3ccc4c(c3)oc3ccccc34)c3cccc4c3C3(c5ccccc5-4)C4CC5CC(C4)CC3C5)cc2)cc1. The Labute approximate surface area is 281 Å². The molecule has 0 unspecified atom stereocenters. The van der Waals surface area contributed by atoms with Gasteiger partial charge in [-0.1, -0.05) is 97.1 Å². The molecule has 0 saturated heterocycles. The van der Waals surface area contributed by atoms with Gasteiger partial charge >= 0.3 is 0 Å². The first-order valence-electron chi connectivity index (χ1n) is 17.9. The van der Waals surface area contributed by atoms with Crippen LogP contribution >= 0.6 is 0 Å². The van der Waals surface area contributed by atoms with Gasteiger partial charge in [0, 0.05) is 33.6 Å². The van der Waals surface area contributed by atoms with Gasteiger partial charge in [-0.15, -0.1) is 0 Å². The summed E-state index contributed by atoms with van der Waals surface area (Å²) >= 11 is 0. The summed E-state index contributed by atoms with van der Waals surface area (Å²) in [6.07, 6.45) is 6.92. The molecule has 1 aromatic heterocycles. The molecule has 1 heterocycles. The molecule has 2 heteroatoms. The van der Waals surface area contributed by atoms with Gasteiger partial charge in [0.2, 0.25) is 0 Å². The summed E-state index contributed by atoms with van der Waals surface area (Å²) in [4.78, 5) is 2.54. The van der Waals surface area contributed by atoms with Crippen LogP contribution in [0.25, 0.3) is 44.2 Å². The Bertz CT molecular complexity index is 2340. The molecule has 232 valence electrons. The molecule has 7 aromatic rings. The third-order valence-electron chi connectivity index (χ3n) is 12.6. The quantitative estimate of drug-likeness (QED) is 0.195. The fourth-order valence-corrected chi connectivity index (χ4v) is 11.1. The van der Waals surface area contributed by atoms with Gasteiger partial charge in [-0.3, -0.25) is 0 Å². The summed E-state index contributed by atoms with van der Waals surface area (Å²) in [6.45, 7) is 0. The zero-order chi connectivity index (χ0) is 31.4. The predicted molar refractivity (Wildman–Crippen MR) is 197 cm³/mol. The van der Waals surface area contributed by atoms with Crippen LogP contribution in [0, 0.1) is 23.7 Å². The number of para-hydroxylation sites is 1. The van der Waals surface area contributed by atoms with Crippen LogP contribution in [0.15, 0.2) is 144 Å². The second kappa shape index (κ2) is 9.97. The van der Waals surface area contributed by atoms with Crippen molar-refractivity contribution >= 4 is 39.0 Å². The molecule has 4 bridgehead atoms. The molecule has 0 atom stereocenters. The smallest absolute Gasteiger partial charge is 0.137 e. The average molecular weight is 620 g/mol. The number of benzene rings is 6. The average Bonchev–Trinajstić information content (AvgIpc) is 3.65. The first kappa shape index (κ1) is 26.9. The van der Waals surface area contributed by atoms with E-state index in [9.17, 15) is 0 Å². The first-order chi connectivity index (χ1) is 23.8. The van der Waals surface area contributed by atoms with Crippen LogP contribution in [0.4, 0.5) is 17.1 Å². The van der Waals surface area contributed by atoms with E-state index in [0.29, 0.717) is 11.8 Å². The lowest BCUT2D eigenvalue weighted by molar-refractivity contribution is -0.0397. The number of furan rings is 1. The lowest BCUT2D eigenvalue weighted by Crippen LogP contribution is -2.55. The molecule has 5 aliphatic carbocycles. The number of anilines is 3. The zero-order valence-corrected chi connectivity index (χ0v) is 27.0. The summed E-state index contributed by atoms with van der Waals surface area (Å²) in [5, 5.41) is 2.33. The van der Waals surface area contributed by atoms with Crippen LogP contribution in [0.2, 0.25) is 0 Å². The molecule has 4 fully saturated rings. The minimum absolute atomic E-state index is 0.0572. The van der Waals surface area contributed by atoms with Crippen LogP contribution in [-0.2, 0) is 5.41 Å². The Hall–Kier alpha value is -5.08. The standard InChI is InChI=1S/C46H37NO/c1-2-9-31(10-3-1)32-17-19-35(20-18-32)47(36-21-22-39-38-12-5-7-16-43(38)48-44(39)28-36)42-15-8-13-40-37-11-4-6-14-41(37)46(45(40)42)33-24-29-23-30(26-33)27-34(46)25-29/h1-22,28-30,33-34H,23-27H2. The molecule has 12 rings (SSSR count). The number of hydrogen-bond acceptors (Lipinski definition) is 2. The topological polar surface area (TPSA) is 16.4 Å². The van der Waals surface area contributed by atoms with Crippen molar-refractivity contribution in [2.75, 3.05) is 4.90 Å². The molecule has 1 spiro atoms. The lowest BCUT2D eigenvalue weighted by atomic mass is 9.43. The molecule has 4 saturated carbocycles. The van der Waals surface area contributed by atoms with Crippen molar-refractivity contribution in [3.8, 4) is 22.3 Å². The maximum atomic E-state index is 6.50. The van der Waals surface area contributed by atoms with Gasteiger partial charge < -0.3 is 9.32 Å². The molecule has 0 N–H and O–H groups in total. The molecule has 5 aliphatic rings. The third kappa shape index (κ3) is 3.64. The predicted octanol–water partition coefficient (Wildman–Crippen LogP) is 12.4. The summed E-state index contributed by atoms with van der Waals surface area (Å²) in [5.41, 5.74) is 14.1. The highest BCUT2D eigenvalue weighted by atomic mass is 16.3. The van der Waals surface area contributed by atoms with Crippen LogP contribution in [0.1, 0.15) is 43.2 Å². The molecule has 0 radical (unpaired) electrons. The van der Waals surface area contributed by atoms with Gasteiger partial charge in [0.25, 0.3) is 0 Å². The maximum absolute atomic E-state index is 6.50. The molecule has 0 amide bonds. The zero-order valence-electron chi connectivity index (χ0n) is 27.0. The number of rotatable bonds is 4. The van der Waals surface area contributed by atoms with Gasteiger partial charge in [0.1, 0.15) is 11.2 Å². The van der Waals surface area contributed by atoms with E-state index in [1.54, 1.807) is 11.1 Å². The summed E-state index contributed by atoms with van der Waals surface area (Å²) in [5.74, 6) is 3.19. The van der Waals surface area contributed by atoms with Gasteiger partial charge in [0.05, 0.1) is 5.69 Å². The first-order valence-corrected chi connectivity index (χ1v) is 17.9. The highest BCUT2D eigenvalue weighted by Crippen LogP contribution is 2.71. The van der Waals surface area contributed by atoms with Gasteiger partial charge in [-0.05, 0) is 126 Å². The fraction of sp³-hybridized carbons (Fsp3) is 0.217. The fourth-order valence-electron chi connectivity index (χ4n) is 11.1. The highest BCUT2D eigenvalue weighted by molar-refractivity contribution is 6.06. The normalized spacial score (nSPS) is 24.8. The van der Waals surface area contributed by atoms with Crippen LogP contribution in [0.3, 0.4) is 0 Å². The minimum Gasteiger partial charge on any atom is -0.456 e. The Morgan fingerprint density at radius 2 is 1.15 bits per heavy atom. The van der Waals surface area contributed by atoms with E-state index in [1.165, 1.54) is 71.1 Å². The lowest BCUT2D eigenvalue weighted by Gasteiger charge is -2.61.